The minimum Gasteiger partial charge on any atom is -0.376 e. The number of nitrogens with zero attached hydrogens (tertiary/aromatic N) is 2. The summed E-state index contributed by atoms with van der Waals surface area (Å²) in [5.74, 6) is -0.286. The highest BCUT2D eigenvalue weighted by Crippen LogP contribution is 2.38. The van der Waals surface area contributed by atoms with Crippen molar-refractivity contribution in [1.29, 1.82) is 0 Å². The zero-order valence-electron chi connectivity index (χ0n) is 15.4. The van der Waals surface area contributed by atoms with Gasteiger partial charge in [-0.1, -0.05) is 23.9 Å². The summed E-state index contributed by atoms with van der Waals surface area (Å²) in [6.07, 6.45) is 3.69. The van der Waals surface area contributed by atoms with E-state index in [4.69, 9.17) is 4.74 Å². The lowest BCUT2D eigenvalue weighted by Gasteiger charge is -2.14. The number of hydrogen-bond acceptors (Lipinski definition) is 6. The summed E-state index contributed by atoms with van der Waals surface area (Å²) in [6, 6.07) is 8.37. The van der Waals surface area contributed by atoms with E-state index in [2.05, 4.69) is 15.3 Å². The van der Waals surface area contributed by atoms with Gasteiger partial charge in [-0.05, 0) is 43.5 Å². The summed E-state index contributed by atoms with van der Waals surface area (Å²) < 4.78 is 19.7. The Balaban J connectivity index is 1.48. The van der Waals surface area contributed by atoms with Crippen molar-refractivity contribution in [3.63, 3.8) is 0 Å². The molecule has 0 radical (unpaired) electrons. The summed E-state index contributed by atoms with van der Waals surface area (Å²) >= 11 is 2.97. The maximum absolute atomic E-state index is 13.2. The van der Waals surface area contributed by atoms with Gasteiger partial charge >= 0.3 is 0 Å². The van der Waals surface area contributed by atoms with E-state index in [0.717, 1.165) is 45.1 Å². The Kier molecular flexibility index (Phi) is 5.89. The Bertz CT molecular complexity index is 971. The van der Waals surface area contributed by atoms with E-state index < -0.39 is 0 Å². The highest BCUT2D eigenvalue weighted by atomic mass is 32.2. The molecule has 1 N–H and O–H groups in total. The lowest BCUT2D eigenvalue weighted by atomic mass is 10.2. The molecule has 1 aliphatic heterocycles. The Morgan fingerprint density at radius 3 is 2.96 bits per heavy atom. The molecule has 3 heterocycles. The fourth-order valence-corrected chi connectivity index (χ4v) is 5.17. The van der Waals surface area contributed by atoms with Gasteiger partial charge in [-0.15, -0.1) is 11.3 Å². The van der Waals surface area contributed by atoms with Gasteiger partial charge in [-0.2, -0.15) is 0 Å². The molecular formula is C20H20FN3O2S2. The van der Waals surface area contributed by atoms with Crippen LogP contribution in [0.15, 0.2) is 41.7 Å². The largest absolute Gasteiger partial charge is 0.376 e. The zero-order chi connectivity index (χ0) is 19.5. The summed E-state index contributed by atoms with van der Waals surface area (Å²) in [7, 11) is 0. The van der Waals surface area contributed by atoms with Crippen LogP contribution in [0.2, 0.25) is 0 Å². The number of hydrogen-bond donors (Lipinski definition) is 1. The third-order valence-corrected chi connectivity index (χ3v) is 7.00. The molecule has 2 aromatic heterocycles. The van der Waals surface area contributed by atoms with E-state index >= 15 is 0 Å². The number of rotatable bonds is 6. The molecule has 1 fully saturated rings. The van der Waals surface area contributed by atoms with Crippen molar-refractivity contribution in [3.05, 3.63) is 42.5 Å². The zero-order valence-corrected chi connectivity index (χ0v) is 17.0. The number of carbonyl (C=O) groups excluding carboxylic acids is 1. The van der Waals surface area contributed by atoms with Gasteiger partial charge in [0.15, 0.2) is 0 Å². The standard InChI is InChI=1S/C20H20FN3O2S2/c1-12(19(25)22-10-15-3-2-8-26-15)27-20-18-16(23-11-24-20)9-17(28-18)13-4-6-14(21)7-5-13/h4-7,9,11-12,15H,2-3,8,10H2,1H3,(H,22,25). The second-order valence-electron chi connectivity index (χ2n) is 6.65. The van der Waals surface area contributed by atoms with Gasteiger partial charge in [0.05, 0.1) is 21.6 Å². The van der Waals surface area contributed by atoms with Crippen molar-refractivity contribution in [3.8, 4) is 10.4 Å². The molecule has 0 aliphatic carbocycles. The van der Waals surface area contributed by atoms with Crippen LogP contribution in [0.1, 0.15) is 19.8 Å². The van der Waals surface area contributed by atoms with Crippen LogP contribution in [0, 0.1) is 5.82 Å². The van der Waals surface area contributed by atoms with E-state index in [-0.39, 0.29) is 23.1 Å². The van der Waals surface area contributed by atoms with Gasteiger partial charge in [0.2, 0.25) is 5.91 Å². The molecule has 0 spiro atoms. The number of nitrogens with one attached hydrogen (secondary N) is 1. The lowest BCUT2D eigenvalue weighted by Crippen LogP contribution is -2.36. The minimum atomic E-state index is -0.282. The summed E-state index contributed by atoms with van der Waals surface area (Å²) in [4.78, 5) is 22.2. The number of ether oxygens (including phenoxy) is 1. The molecule has 4 rings (SSSR count). The molecule has 1 aliphatic rings. The molecule has 2 unspecified atom stereocenters. The van der Waals surface area contributed by atoms with Crippen molar-refractivity contribution in [2.75, 3.05) is 13.2 Å². The first-order valence-corrected chi connectivity index (χ1v) is 10.9. The van der Waals surface area contributed by atoms with Crippen LogP contribution in [0.3, 0.4) is 0 Å². The normalized spacial score (nSPS) is 17.7. The molecule has 146 valence electrons. The topological polar surface area (TPSA) is 64.1 Å². The van der Waals surface area contributed by atoms with E-state index in [1.807, 2.05) is 13.0 Å². The van der Waals surface area contributed by atoms with Crippen LogP contribution >= 0.6 is 23.1 Å². The van der Waals surface area contributed by atoms with Crippen molar-refractivity contribution in [2.45, 2.75) is 36.1 Å². The maximum atomic E-state index is 13.2. The first-order chi connectivity index (χ1) is 13.6. The fourth-order valence-electron chi connectivity index (χ4n) is 3.06. The summed E-state index contributed by atoms with van der Waals surface area (Å²) in [6.45, 7) is 3.20. The van der Waals surface area contributed by atoms with E-state index in [1.165, 1.54) is 30.2 Å². The SMILES string of the molecule is CC(Sc1ncnc2cc(-c3ccc(F)cc3)sc12)C(=O)NCC1CCCO1. The fraction of sp³-hybridized carbons (Fsp3) is 0.350. The molecule has 3 aromatic rings. The highest BCUT2D eigenvalue weighted by Gasteiger charge is 2.21. The van der Waals surface area contributed by atoms with Crippen molar-refractivity contribution in [1.82, 2.24) is 15.3 Å². The first-order valence-electron chi connectivity index (χ1n) is 9.16. The maximum Gasteiger partial charge on any atom is 0.233 e. The third-order valence-electron chi connectivity index (χ3n) is 4.59. The molecule has 0 saturated carbocycles. The minimum absolute atomic E-state index is 0.0254. The molecule has 28 heavy (non-hydrogen) atoms. The Hall–Kier alpha value is -2.03. The summed E-state index contributed by atoms with van der Waals surface area (Å²) in [5, 5.41) is 3.47. The second kappa shape index (κ2) is 8.55. The number of thiophene rings is 1. The van der Waals surface area contributed by atoms with Crippen molar-refractivity contribution < 1.29 is 13.9 Å². The number of thioether (sulfide) groups is 1. The van der Waals surface area contributed by atoms with E-state index in [9.17, 15) is 9.18 Å². The number of benzene rings is 1. The van der Waals surface area contributed by atoms with Gasteiger partial charge in [0, 0.05) is 18.0 Å². The highest BCUT2D eigenvalue weighted by molar-refractivity contribution is 8.00. The average molecular weight is 418 g/mol. The molecule has 5 nitrogen and oxygen atoms in total. The number of aromatic nitrogens is 2. The summed E-state index contributed by atoms with van der Waals surface area (Å²) in [5.41, 5.74) is 1.76. The molecule has 8 heteroatoms. The van der Waals surface area contributed by atoms with Crippen LogP contribution in [-0.2, 0) is 9.53 Å². The number of halogens is 1. The molecule has 2 atom stereocenters. The van der Waals surface area contributed by atoms with Crippen LogP contribution in [0.5, 0.6) is 0 Å². The average Bonchev–Trinajstić information content (AvgIpc) is 3.36. The third kappa shape index (κ3) is 4.34. The van der Waals surface area contributed by atoms with Gasteiger partial charge < -0.3 is 10.1 Å². The molecule has 0 bridgehead atoms. The van der Waals surface area contributed by atoms with Crippen LogP contribution in [0.25, 0.3) is 20.7 Å². The quantitative estimate of drug-likeness (QED) is 0.479. The number of fused-ring (bicyclic) bond motifs is 1. The Morgan fingerprint density at radius 2 is 2.21 bits per heavy atom. The van der Waals surface area contributed by atoms with Gasteiger partial charge in [-0.25, -0.2) is 14.4 Å². The number of carbonyl (C=O) groups is 1. The second-order valence-corrected chi connectivity index (χ2v) is 9.03. The molecular weight excluding hydrogens is 397 g/mol. The van der Waals surface area contributed by atoms with Crippen LogP contribution < -0.4 is 5.32 Å². The van der Waals surface area contributed by atoms with Gasteiger partial charge in [0.1, 0.15) is 17.2 Å². The van der Waals surface area contributed by atoms with Crippen LogP contribution in [0.4, 0.5) is 4.39 Å². The van der Waals surface area contributed by atoms with E-state index in [0.29, 0.717) is 6.54 Å². The lowest BCUT2D eigenvalue weighted by molar-refractivity contribution is -0.120. The molecule has 1 aromatic carbocycles. The van der Waals surface area contributed by atoms with Gasteiger partial charge in [0.25, 0.3) is 0 Å². The molecule has 1 saturated heterocycles. The predicted octanol–water partition coefficient (Wildman–Crippen LogP) is 4.27. The van der Waals surface area contributed by atoms with Gasteiger partial charge in [-0.3, -0.25) is 4.79 Å². The Morgan fingerprint density at radius 1 is 1.39 bits per heavy atom. The Labute approximate surface area is 170 Å². The van der Waals surface area contributed by atoms with E-state index in [1.54, 1.807) is 23.5 Å². The van der Waals surface area contributed by atoms with Crippen molar-refractivity contribution in [2.24, 2.45) is 0 Å². The smallest absolute Gasteiger partial charge is 0.233 e. The van der Waals surface area contributed by atoms with Crippen molar-refractivity contribution >= 4 is 39.2 Å². The first kappa shape index (κ1) is 19.3. The predicted molar refractivity (Wildman–Crippen MR) is 110 cm³/mol. The monoisotopic (exact) mass is 417 g/mol. The molecule has 1 amide bonds. The number of amides is 1. The van der Waals surface area contributed by atoms with Crippen LogP contribution in [-0.4, -0.2) is 40.4 Å².